The van der Waals surface area contributed by atoms with Gasteiger partial charge in [0.1, 0.15) is 0 Å². The van der Waals surface area contributed by atoms with Crippen LogP contribution >= 0.6 is 12.4 Å². The summed E-state index contributed by atoms with van der Waals surface area (Å²) in [6.07, 6.45) is 0.550. The molecule has 0 bridgehead atoms. The molecule has 8 heteroatoms. The highest BCUT2D eigenvalue weighted by Gasteiger charge is 2.09. The van der Waals surface area contributed by atoms with Gasteiger partial charge < -0.3 is 10.6 Å². The van der Waals surface area contributed by atoms with E-state index < -0.39 is 10.0 Å². The molecule has 0 radical (unpaired) electrons. The summed E-state index contributed by atoms with van der Waals surface area (Å²) in [6.45, 7) is 2.00. The van der Waals surface area contributed by atoms with E-state index in [0.29, 0.717) is 17.8 Å². The molecule has 0 aliphatic carbocycles. The zero-order chi connectivity index (χ0) is 14.3. The number of sulfonamides is 1. The number of likely N-dealkylation sites (N-methyl/N-ethyl adjacent to an activating group) is 1. The summed E-state index contributed by atoms with van der Waals surface area (Å²) in [5.74, 6) is -0.111. The summed E-state index contributed by atoms with van der Waals surface area (Å²) in [5, 5.41) is 5.40. The summed E-state index contributed by atoms with van der Waals surface area (Å²) in [6, 6.07) is 6.60. The lowest BCUT2D eigenvalue weighted by Gasteiger charge is -2.09. The standard InChI is InChI=1S/C12H19N3O3S.ClH/c1-3-7-19(17,18)15-11-6-4-5-10(8-11)14-12(16)9-13-2;/h4-6,8,13,15H,3,7,9H2,1-2H3,(H,14,16);1H. The second-order valence-corrected chi connectivity index (χ2v) is 5.92. The Hall–Kier alpha value is -1.31. The van der Waals surface area contributed by atoms with E-state index in [-0.39, 0.29) is 30.6 Å². The molecule has 0 heterocycles. The van der Waals surface area contributed by atoms with E-state index in [1.165, 1.54) is 0 Å². The number of anilines is 2. The number of carbonyl (C=O) groups is 1. The van der Waals surface area contributed by atoms with Gasteiger partial charge in [-0.25, -0.2) is 8.42 Å². The van der Waals surface area contributed by atoms with E-state index in [2.05, 4.69) is 15.4 Å². The number of hydrogen-bond acceptors (Lipinski definition) is 4. The van der Waals surface area contributed by atoms with Crippen LogP contribution in [0.4, 0.5) is 11.4 Å². The SMILES string of the molecule is CCCS(=O)(=O)Nc1cccc(NC(=O)CNC)c1.Cl. The van der Waals surface area contributed by atoms with E-state index in [4.69, 9.17) is 0 Å². The maximum absolute atomic E-state index is 11.6. The van der Waals surface area contributed by atoms with Crippen LogP contribution < -0.4 is 15.4 Å². The molecule has 0 aromatic heterocycles. The molecule has 20 heavy (non-hydrogen) atoms. The first kappa shape index (κ1) is 18.7. The van der Waals surface area contributed by atoms with Gasteiger partial charge in [0.05, 0.1) is 18.0 Å². The first-order valence-electron chi connectivity index (χ1n) is 6.02. The van der Waals surface area contributed by atoms with Gasteiger partial charge in [-0.05, 0) is 31.7 Å². The van der Waals surface area contributed by atoms with Gasteiger partial charge in [0.25, 0.3) is 0 Å². The Morgan fingerprint density at radius 1 is 1.25 bits per heavy atom. The molecule has 0 unspecified atom stereocenters. The summed E-state index contributed by atoms with van der Waals surface area (Å²) < 4.78 is 25.7. The topological polar surface area (TPSA) is 87.3 Å². The fourth-order valence-electron chi connectivity index (χ4n) is 1.53. The summed E-state index contributed by atoms with van der Waals surface area (Å²) >= 11 is 0. The maximum Gasteiger partial charge on any atom is 0.238 e. The fourth-order valence-corrected chi connectivity index (χ4v) is 2.65. The highest BCUT2D eigenvalue weighted by atomic mass is 35.5. The molecule has 0 aliphatic heterocycles. The van der Waals surface area contributed by atoms with Crippen LogP contribution in [0, 0.1) is 0 Å². The highest BCUT2D eigenvalue weighted by Crippen LogP contribution is 2.16. The minimum atomic E-state index is -3.32. The van der Waals surface area contributed by atoms with Crippen LogP contribution in [-0.2, 0) is 14.8 Å². The van der Waals surface area contributed by atoms with Gasteiger partial charge in [0.2, 0.25) is 15.9 Å². The van der Waals surface area contributed by atoms with Crippen molar-refractivity contribution in [2.45, 2.75) is 13.3 Å². The van der Waals surface area contributed by atoms with Crippen LogP contribution in [0.25, 0.3) is 0 Å². The summed E-state index contributed by atoms with van der Waals surface area (Å²) in [7, 11) is -1.64. The Morgan fingerprint density at radius 3 is 2.50 bits per heavy atom. The molecule has 0 saturated heterocycles. The first-order valence-corrected chi connectivity index (χ1v) is 7.67. The van der Waals surface area contributed by atoms with Gasteiger partial charge >= 0.3 is 0 Å². The number of rotatable bonds is 7. The molecule has 0 saturated carbocycles. The van der Waals surface area contributed by atoms with Crippen molar-refractivity contribution in [3.05, 3.63) is 24.3 Å². The lowest BCUT2D eigenvalue weighted by molar-refractivity contribution is -0.115. The second kappa shape index (κ2) is 8.78. The van der Waals surface area contributed by atoms with E-state index in [1.807, 2.05) is 0 Å². The van der Waals surface area contributed by atoms with Crippen molar-refractivity contribution in [3.63, 3.8) is 0 Å². The molecule has 0 atom stereocenters. The maximum atomic E-state index is 11.6. The lowest BCUT2D eigenvalue weighted by Crippen LogP contribution is -2.25. The van der Waals surface area contributed by atoms with Crippen molar-refractivity contribution in [1.29, 1.82) is 0 Å². The van der Waals surface area contributed by atoms with Gasteiger partial charge in [-0.1, -0.05) is 13.0 Å². The molecular weight excluding hydrogens is 302 g/mol. The Bertz CT molecular complexity index is 535. The largest absolute Gasteiger partial charge is 0.325 e. The van der Waals surface area contributed by atoms with Crippen molar-refractivity contribution in [2.24, 2.45) is 0 Å². The van der Waals surface area contributed by atoms with Crippen molar-refractivity contribution in [2.75, 3.05) is 29.4 Å². The number of halogens is 1. The van der Waals surface area contributed by atoms with Crippen molar-refractivity contribution < 1.29 is 13.2 Å². The van der Waals surface area contributed by atoms with Crippen LogP contribution in [0.1, 0.15) is 13.3 Å². The number of carbonyl (C=O) groups excluding carboxylic acids is 1. The summed E-state index contributed by atoms with van der Waals surface area (Å²) in [4.78, 5) is 11.4. The average Bonchev–Trinajstić information content (AvgIpc) is 2.28. The third kappa shape index (κ3) is 6.74. The molecule has 1 amide bonds. The number of nitrogens with one attached hydrogen (secondary N) is 3. The quantitative estimate of drug-likeness (QED) is 0.708. The predicted octanol–water partition coefficient (Wildman–Crippen LogP) is 1.42. The lowest BCUT2D eigenvalue weighted by atomic mass is 10.3. The monoisotopic (exact) mass is 321 g/mol. The third-order valence-corrected chi connectivity index (χ3v) is 3.72. The van der Waals surface area contributed by atoms with E-state index in [1.54, 1.807) is 38.2 Å². The van der Waals surface area contributed by atoms with Crippen molar-refractivity contribution >= 4 is 39.7 Å². The first-order chi connectivity index (χ1) is 8.96. The van der Waals surface area contributed by atoms with Crippen LogP contribution in [0.15, 0.2) is 24.3 Å². The molecule has 0 spiro atoms. The molecule has 6 nitrogen and oxygen atoms in total. The molecule has 1 aromatic rings. The van der Waals surface area contributed by atoms with Gasteiger partial charge in [-0.15, -0.1) is 12.4 Å². The molecule has 0 aliphatic rings. The highest BCUT2D eigenvalue weighted by molar-refractivity contribution is 7.92. The second-order valence-electron chi connectivity index (χ2n) is 4.08. The molecule has 1 aromatic carbocycles. The van der Waals surface area contributed by atoms with E-state index in [0.717, 1.165) is 0 Å². The zero-order valence-corrected chi connectivity index (χ0v) is 13.1. The Balaban J connectivity index is 0.00000361. The number of amides is 1. The molecule has 3 N–H and O–H groups in total. The number of hydrogen-bond donors (Lipinski definition) is 3. The predicted molar refractivity (Wildman–Crippen MR) is 83.9 cm³/mol. The number of benzene rings is 1. The minimum Gasteiger partial charge on any atom is -0.325 e. The molecular formula is C12H20ClN3O3S. The van der Waals surface area contributed by atoms with E-state index in [9.17, 15) is 13.2 Å². The van der Waals surface area contributed by atoms with Gasteiger partial charge in [-0.2, -0.15) is 0 Å². The minimum absolute atomic E-state index is 0. The van der Waals surface area contributed by atoms with Gasteiger partial charge in [0.15, 0.2) is 0 Å². The van der Waals surface area contributed by atoms with Crippen LogP contribution in [0.3, 0.4) is 0 Å². The van der Waals surface area contributed by atoms with Gasteiger partial charge in [0, 0.05) is 5.69 Å². The fraction of sp³-hybridized carbons (Fsp3) is 0.417. The van der Waals surface area contributed by atoms with Crippen LogP contribution in [0.5, 0.6) is 0 Å². The molecule has 0 fully saturated rings. The molecule has 1 rings (SSSR count). The zero-order valence-electron chi connectivity index (χ0n) is 11.5. The third-order valence-electron chi connectivity index (χ3n) is 2.23. The Labute approximate surface area is 125 Å². The summed E-state index contributed by atoms with van der Waals surface area (Å²) in [5.41, 5.74) is 0.993. The van der Waals surface area contributed by atoms with E-state index >= 15 is 0 Å². The van der Waals surface area contributed by atoms with Crippen LogP contribution in [-0.4, -0.2) is 33.7 Å². The average molecular weight is 322 g/mol. The Morgan fingerprint density at radius 2 is 1.90 bits per heavy atom. The molecule has 114 valence electrons. The van der Waals surface area contributed by atoms with Gasteiger partial charge in [-0.3, -0.25) is 9.52 Å². The van der Waals surface area contributed by atoms with Crippen molar-refractivity contribution in [1.82, 2.24) is 5.32 Å². The van der Waals surface area contributed by atoms with Crippen molar-refractivity contribution in [3.8, 4) is 0 Å². The smallest absolute Gasteiger partial charge is 0.238 e. The van der Waals surface area contributed by atoms with Crippen LogP contribution in [0.2, 0.25) is 0 Å². The normalized spacial score (nSPS) is 10.5. The Kier molecular flexibility index (Phi) is 8.21.